The minimum absolute atomic E-state index is 0.0577. The highest BCUT2D eigenvalue weighted by Gasteiger charge is 2.26. The molecule has 1 aromatic carbocycles. The Kier molecular flexibility index (Phi) is 5.45. The number of piperidine rings is 1. The summed E-state index contributed by atoms with van der Waals surface area (Å²) < 4.78 is 13.6. The van der Waals surface area contributed by atoms with E-state index in [4.69, 9.17) is 16.9 Å². The van der Waals surface area contributed by atoms with Crippen LogP contribution in [0.25, 0.3) is 11.1 Å². The van der Waals surface area contributed by atoms with E-state index in [1.165, 1.54) is 6.07 Å². The molecule has 6 nitrogen and oxygen atoms in total. The highest BCUT2D eigenvalue weighted by atomic mass is 35.5. The fraction of sp³-hybridized carbons (Fsp3) is 0.333. The number of aryl methyl sites for hydroxylation is 1. The Morgan fingerprint density at radius 1 is 1.31 bits per heavy atom. The molecule has 8 heteroatoms. The Balaban J connectivity index is 1.65. The van der Waals surface area contributed by atoms with Crippen molar-refractivity contribution >= 4 is 17.4 Å². The molecule has 1 aliphatic rings. The summed E-state index contributed by atoms with van der Waals surface area (Å²) in [7, 11) is 0. The minimum atomic E-state index is -0.464. The number of aromatic amines is 1. The van der Waals surface area contributed by atoms with Gasteiger partial charge in [0.2, 0.25) is 0 Å². The SMILES string of the molecule is Cc1[nH]cnc1C1CCN(c2nc(CC#N)ncc2-c2ccc(F)c(Cl)c2)CC1. The molecule has 1 fully saturated rings. The summed E-state index contributed by atoms with van der Waals surface area (Å²) in [6.45, 7) is 3.66. The lowest BCUT2D eigenvalue weighted by atomic mass is 9.92. The third-order valence-corrected chi connectivity index (χ3v) is 5.63. The second-order valence-corrected chi connectivity index (χ2v) is 7.57. The number of aromatic nitrogens is 4. The molecule has 148 valence electrons. The summed E-state index contributed by atoms with van der Waals surface area (Å²) in [5, 5.41) is 9.09. The van der Waals surface area contributed by atoms with Crippen LogP contribution in [0.1, 0.15) is 36.0 Å². The van der Waals surface area contributed by atoms with Gasteiger partial charge in [-0.25, -0.2) is 19.3 Å². The van der Waals surface area contributed by atoms with Crippen molar-refractivity contribution in [3.8, 4) is 17.2 Å². The van der Waals surface area contributed by atoms with Gasteiger partial charge in [0.05, 0.1) is 29.5 Å². The Hall–Kier alpha value is -2.98. The van der Waals surface area contributed by atoms with Gasteiger partial charge in [0.25, 0.3) is 0 Å². The maximum Gasteiger partial charge on any atom is 0.144 e. The fourth-order valence-corrected chi connectivity index (χ4v) is 4.00. The molecular weight excluding hydrogens is 391 g/mol. The number of imidazole rings is 1. The van der Waals surface area contributed by atoms with Crippen molar-refractivity contribution in [2.45, 2.75) is 32.1 Å². The molecule has 0 unspecified atom stereocenters. The van der Waals surface area contributed by atoms with Gasteiger partial charge in [-0.3, -0.25) is 0 Å². The lowest BCUT2D eigenvalue weighted by Crippen LogP contribution is -2.34. The summed E-state index contributed by atoms with van der Waals surface area (Å²) in [5.41, 5.74) is 3.77. The topological polar surface area (TPSA) is 81.5 Å². The smallest absolute Gasteiger partial charge is 0.144 e. The van der Waals surface area contributed by atoms with Crippen molar-refractivity contribution in [3.63, 3.8) is 0 Å². The van der Waals surface area contributed by atoms with Gasteiger partial charge >= 0.3 is 0 Å². The van der Waals surface area contributed by atoms with Crippen molar-refractivity contribution in [1.29, 1.82) is 5.26 Å². The van der Waals surface area contributed by atoms with E-state index in [2.05, 4.69) is 30.9 Å². The predicted octanol–water partition coefficient (Wildman–Crippen LogP) is 4.42. The highest BCUT2D eigenvalue weighted by Crippen LogP contribution is 2.35. The zero-order valence-electron chi connectivity index (χ0n) is 16.0. The molecule has 0 spiro atoms. The average molecular weight is 411 g/mol. The number of hydrogen-bond donors (Lipinski definition) is 1. The van der Waals surface area contributed by atoms with Crippen LogP contribution in [-0.4, -0.2) is 33.0 Å². The number of hydrogen-bond acceptors (Lipinski definition) is 5. The average Bonchev–Trinajstić information content (AvgIpc) is 3.16. The van der Waals surface area contributed by atoms with E-state index < -0.39 is 5.82 Å². The zero-order chi connectivity index (χ0) is 20.4. The van der Waals surface area contributed by atoms with Crippen LogP contribution in [0.15, 0.2) is 30.7 Å². The second kappa shape index (κ2) is 8.18. The number of rotatable bonds is 4. The molecule has 0 atom stereocenters. The van der Waals surface area contributed by atoms with Gasteiger partial charge in [-0.2, -0.15) is 5.26 Å². The van der Waals surface area contributed by atoms with Gasteiger partial charge in [0, 0.05) is 36.5 Å². The van der Waals surface area contributed by atoms with Crippen molar-refractivity contribution < 1.29 is 4.39 Å². The van der Waals surface area contributed by atoms with Crippen LogP contribution in [0.3, 0.4) is 0 Å². The third kappa shape index (κ3) is 3.94. The Labute approximate surface area is 173 Å². The molecular formula is C21H20ClFN6. The van der Waals surface area contributed by atoms with Crippen molar-refractivity contribution in [1.82, 2.24) is 19.9 Å². The highest BCUT2D eigenvalue weighted by molar-refractivity contribution is 6.31. The number of nitrogens with zero attached hydrogens (tertiary/aromatic N) is 5. The van der Waals surface area contributed by atoms with Crippen LogP contribution in [0, 0.1) is 24.1 Å². The normalized spacial score (nSPS) is 14.8. The lowest BCUT2D eigenvalue weighted by molar-refractivity contribution is 0.493. The molecule has 0 bridgehead atoms. The van der Waals surface area contributed by atoms with Gasteiger partial charge in [-0.05, 0) is 37.5 Å². The maximum atomic E-state index is 13.6. The minimum Gasteiger partial charge on any atom is -0.356 e. The van der Waals surface area contributed by atoms with Gasteiger partial charge in [-0.15, -0.1) is 0 Å². The van der Waals surface area contributed by atoms with E-state index in [0.29, 0.717) is 11.7 Å². The summed E-state index contributed by atoms with van der Waals surface area (Å²) in [5.74, 6) is 1.17. The third-order valence-electron chi connectivity index (χ3n) is 5.34. The quantitative estimate of drug-likeness (QED) is 0.688. The van der Waals surface area contributed by atoms with Gasteiger partial charge in [0.15, 0.2) is 0 Å². The van der Waals surface area contributed by atoms with Crippen LogP contribution in [-0.2, 0) is 6.42 Å². The number of H-pyrrole nitrogens is 1. The number of nitrogens with one attached hydrogen (secondary N) is 1. The number of halogens is 2. The fourth-order valence-electron chi connectivity index (χ4n) is 3.82. The summed E-state index contributed by atoms with van der Waals surface area (Å²) >= 11 is 5.99. The Morgan fingerprint density at radius 3 is 2.76 bits per heavy atom. The van der Waals surface area contributed by atoms with E-state index in [9.17, 15) is 4.39 Å². The molecule has 2 aromatic heterocycles. The van der Waals surface area contributed by atoms with E-state index in [0.717, 1.165) is 54.3 Å². The van der Waals surface area contributed by atoms with Gasteiger partial charge < -0.3 is 9.88 Å². The summed E-state index contributed by atoms with van der Waals surface area (Å²) in [4.78, 5) is 18.8. The molecule has 29 heavy (non-hydrogen) atoms. The molecule has 0 saturated carbocycles. The van der Waals surface area contributed by atoms with E-state index in [1.807, 2.05) is 6.92 Å². The van der Waals surface area contributed by atoms with Crippen molar-refractivity contribution in [2.24, 2.45) is 0 Å². The molecule has 1 saturated heterocycles. The lowest BCUT2D eigenvalue weighted by Gasteiger charge is -2.33. The van der Waals surface area contributed by atoms with Crippen LogP contribution in [0.5, 0.6) is 0 Å². The molecule has 0 aliphatic carbocycles. The molecule has 1 N–H and O–H groups in total. The van der Waals surface area contributed by atoms with Crippen molar-refractivity contribution in [2.75, 3.05) is 18.0 Å². The summed E-state index contributed by atoms with van der Waals surface area (Å²) in [6, 6.07) is 6.70. The van der Waals surface area contributed by atoms with Crippen LogP contribution < -0.4 is 4.90 Å². The number of nitriles is 1. The van der Waals surface area contributed by atoms with Gasteiger partial charge in [0.1, 0.15) is 17.5 Å². The molecule has 3 heterocycles. The molecule has 1 aliphatic heterocycles. The van der Waals surface area contributed by atoms with Crippen molar-refractivity contribution in [3.05, 3.63) is 58.8 Å². The first-order valence-corrected chi connectivity index (χ1v) is 9.87. The van der Waals surface area contributed by atoms with Crippen LogP contribution in [0.4, 0.5) is 10.2 Å². The number of benzene rings is 1. The molecule has 0 radical (unpaired) electrons. The largest absolute Gasteiger partial charge is 0.356 e. The monoisotopic (exact) mass is 410 g/mol. The molecule has 3 aromatic rings. The van der Waals surface area contributed by atoms with Gasteiger partial charge in [-0.1, -0.05) is 17.7 Å². The second-order valence-electron chi connectivity index (χ2n) is 7.16. The Bertz CT molecular complexity index is 1070. The first kappa shape index (κ1) is 19.3. The standard InChI is InChI=1S/C21H20ClFN6/c1-13-20(27-12-26-13)14-5-8-29(9-6-14)21-16(11-25-19(28-21)4-7-24)15-2-3-18(23)17(22)10-15/h2-3,10-12,14H,4-6,8-9H2,1H3,(H,26,27). The Morgan fingerprint density at radius 2 is 2.10 bits per heavy atom. The first-order chi connectivity index (χ1) is 14.1. The maximum absolute atomic E-state index is 13.6. The predicted molar refractivity (Wildman–Crippen MR) is 109 cm³/mol. The van der Waals surface area contributed by atoms with Crippen LogP contribution >= 0.6 is 11.6 Å². The molecule has 0 amide bonds. The van der Waals surface area contributed by atoms with Crippen LogP contribution in [0.2, 0.25) is 5.02 Å². The van der Waals surface area contributed by atoms with E-state index >= 15 is 0 Å². The zero-order valence-corrected chi connectivity index (χ0v) is 16.7. The number of anilines is 1. The van der Waals surface area contributed by atoms with E-state index in [1.54, 1.807) is 24.7 Å². The van der Waals surface area contributed by atoms with E-state index in [-0.39, 0.29) is 11.4 Å². The molecule has 4 rings (SSSR count). The first-order valence-electron chi connectivity index (χ1n) is 9.50. The summed E-state index contributed by atoms with van der Waals surface area (Å²) in [6.07, 6.45) is 5.48.